The van der Waals surface area contributed by atoms with Crippen LogP contribution in [0.3, 0.4) is 0 Å². The molecule has 1 saturated heterocycles. The molecule has 3 heteroatoms. The highest BCUT2D eigenvalue weighted by molar-refractivity contribution is 5.60. The summed E-state index contributed by atoms with van der Waals surface area (Å²) < 4.78 is 0. The lowest BCUT2D eigenvalue weighted by Crippen LogP contribution is -2.58. The van der Waals surface area contributed by atoms with Crippen LogP contribution < -0.4 is 5.73 Å². The van der Waals surface area contributed by atoms with Crippen molar-refractivity contribution in [1.29, 1.82) is 5.26 Å². The molecule has 1 saturated carbocycles. The Morgan fingerprint density at radius 3 is 2.86 bits per heavy atom. The Hall–Kier alpha value is -1.53. The highest BCUT2D eigenvalue weighted by Crippen LogP contribution is 2.50. The molecule has 3 nitrogen and oxygen atoms in total. The fourth-order valence-corrected chi connectivity index (χ4v) is 4.74. The van der Waals surface area contributed by atoms with E-state index >= 15 is 0 Å². The Morgan fingerprint density at radius 1 is 1.41 bits per heavy atom. The number of benzene rings is 1. The summed E-state index contributed by atoms with van der Waals surface area (Å²) in [4.78, 5) is 2.74. The lowest BCUT2D eigenvalue weighted by atomic mass is 9.58. The summed E-state index contributed by atoms with van der Waals surface area (Å²) in [6, 6.07) is 7.05. The van der Waals surface area contributed by atoms with E-state index in [9.17, 15) is 5.26 Å². The largest absolute Gasteiger partial charge is 0.398 e. The van der Waals surface area contributed by atoms with Crippen LogP contribution in [0.15, 0.2) is 12.1 Å². The summed E-state index contributed by atoms with van der Waals surface area (Å²) in [6.45, 7) is 7.30. The highest BCUT2D eigenvalue weighted by atomic mass is 15.2. The van der Waals surface area contributed by atoms with Crippen LogP contribution in [0.1, 0.15) is 49.8 Å². The third kappa shape index (κ3) is 1.97. The van der Waals surface area contributed by atoms with E-state index in [2.05, 4.69) is 36.9 Å². The van der Waals surface area contributed by atoms with Gasteiger partial charge in [-0.3, -0.25) is 4.90 Å². The van der Waals surface area contributed by atoms with Gasteiger partial charge in [-0.25, -0.2) is 0 Å². The molecule has 1 aromatic rings. The first-order chi connectivity index (χ1) is 10.5. The average molecular weight is 295 g/mol. The van der Waals surface area contributed by atoms with Gasteiger partial charge in [0.05, 0.1) is 5.56 Å². The average Bonchev–Trinajstić information content (AvgIpc) is 3.30. The summed E-state index contributed by atoms with van der Waals surface area (Å²) in [5.41, 5.74) is 10.3. The smallest absolute Gasteiger partial charge is 0.101 e. The van der Waals surface area contributed by atoms with Gasteiger partial charge in [-0.2, -0.15) is 5.26 Å². The van der Waals surface area contributed by atoms with Crippen LogP contribution in [0.2, 0.25) is 0 Å². The van der Waals surface area contributed by atoms with Gasteiger partial charge in [0.2, 0.25) is 0 Å². The van der Waals surface area contributed by atoms with Gasteiger partial charge >= 0.3 is 0 Å². The number of nitrogens with zero attached hydrogens (tertiary/aromatic N) is 2. The number of nitriles is 1. The molecule has 2 fully saturated rings. The first-order valence-corrected chi connectivity index (χ1v) is 8.60. The number of likely N-dealkylation sites (tertiary alicyclic amines) is 1. The van der Waals surface area contributed by atoms with E-state index in [1.54, 1.807) is 0 Å². The van der Waals surface area contributed by atoms with Crippen molar-refractivity contribution in [3.8, 4) is 6.07 Å². The molecular formula is C19H25N3. The van der Waals surface area contributed by atoms with E-state index in [1.807, 2.05) is 0 Å². The first-order valence-electron chi connectivity index (χ1n) is 8.60. The predicted octanol–water partition coefficient (Wildman–Crippen LogP) is 3.07. The molecule has 2 aliphatic carbocycles. The molecule has 0 amide bonds. The molecule has 3 atom stereocenters. The highest BCUT2D eigenvalue weighted by Gasteiger charge is 2.49. The minimum atomic E-state index is 0.192. The molecule has 22 heavy (non-hydrogen) atoms. The van der Waals surface area contributed by atoms with Crippen molar-refractivity contribution < 1.29 is 0 Å². The minimum absolute atomic E-state index is 0.192. The summed E-state index contributed by atoms with van der Waals surface area (Å²) >= 11 is 0. The monoisotopic (exact) mass is 295 g/mol. The predicted molar refractivity (Wildman–Crippen MR) is 88.5 cm³/mol. The number of anilines is 1. The molecular weight excluding hydrogens is 270 g/mol. The van der Waals surface area contributed by atoms with E-state index in [4.69, 9.17) is 5.73 Å². The van der Waals surface area contributed by atoms with Gasteiger partial charge in [0.1, 0.15) is 6.07 Å². The zero-order valence-electron chi connectivity index (χ0n) is 13.6. The van der Waals surface area contributed by atoms with Crippen LogP contribution in [0, 0.1) is 23.2 Å². The van der Waals surface area contributed by atoms with Crippen molar-refractivity contribution in [2.24, 2.45) is 11.8 Å². The fraction of sp³-hybridized carbons (Fsp3) is 0.632. The molecule has 4 rings (SSSR count). The molecule has 1 aliphatic heterocycles. The quantitative estimate of drug-likeness (QED) is 0.853. The van der Waals surface area contributed by atoms with Crippen LogP contribution >= 0.6 is 0 Å². The number of nitrogen functional groups attached to an aromatic ring is 1. The number of nitrogens with two attached hydrogens (primary N) is 1. The maximum absolute atomic E-state index is 9.30. The lowest BCUT2D eigenvalue weighted by molar-refractivity contribution is 0.0284. The molecule has 2 bridgehead atoms. The van der Waals surface area contributed by atoms with Crippen LogP contribution in [0.4, 0.5) is 5.69 Å². The first kappa shape index (κ1) is 14.1. The van der Waals surface area contributed by atoms with E-state index in [0.29, 0.717) is 23.2 Å². The summed E-state index contributed by atoms with van der Waals surface area (Å²) in [7, 11) is 0. The molecule has 116 valence electrons. The van der Waals surface area contributed by atoms with Crippen molar-refractivity contribution in [2.75, 3.05) is 18.8 Å². The number of hydrogen-bond acceptors (Lipinski definition) is 3. The molecule has 1 heterocycles. The van der Waals surface area contributed by atoms with Gasteiger partial charge in [-0.05, 0) is 72.7 Å². The van der Waals surface area contributed by atoms with Gasteiger partial charge in [0.15, 0.2) is 0 Å². The molecule has 3 aliphatic rings. The van der Waals surface area contributed by atoms with Gasteiger partial charge < -0.3 is 5.73 Å². The SMILES string of the molecule is CC1[C@H]2Cc3cc(N)c(C#N)cc3[C@]1(C)CCN2CC1CC1. The van der Waals surface area contributed by atoms with Crippen molar-refractivity contribution in [3.05, 3.63) is 28.8 Å². The van der Waals surface area contributed by atoms with Gasteiger partial charge in [0, 0.05) is 18.3 Å². The second-order valence-electron chi connectivity index (χ2n) is 7.87. The Kier molecular flexibility index (Phi) is 3.03. The minimum Gasteiger partial charge on any atom is -0.398 e. The Morgan fingerprint density at radius 2 is 2.18 bits per heavy atom. The Bertz CT molecular complexity index is 655. The number of hydrogen-bond donors (Lipinski definition) is 1. The lowest BCUT2D eigenvalue weighted by Gasteiger charge is -2.55. The normalized spacial score (nSPS) is 34.0. The second kappa shape index (κ2) is 4.73. The van der Waals surface area contributed by atoms with Crippen LogP contribution in [0.5, 0.6) is 0 Å². The fourth-order valence-electron chi connectivity index (χ4n) is 4.74. The Balaban J connectivity index is 1.75. The van der Waals surface area contributed by atoms with E-state index in [-0.39, 0.29) is 5.41 Å². The zero-order chi connectivity index (χ0) is 15.5. The van der Waals surface area contributed by atoms with Gasteiger partial charge in [-0.15, -0.1) is 0 Å². The standard InChI is InChI=1S/C19H25N3/c1-12-18-9-14-8-17(21)15(10-20)7-16(14)19(12,2)5-6-22(18)11-13-3-4-13/h7-8,12-13,18H,3-6,9,11,21H2,1-2H3/t12?,18-,19-/m1/s1. The molecule has 1 aromatic carbocycles. The van der Waals surface area contributed by atoms with E-state index in [0.717, 1.165) is 12.3 Å². The van der Waals surface area contributed by atoms with Crippen LogP contribution in [0.25, 0.3) is 0 Å². The van der Waals surface area contributed by atoms with E-state index < -0.39 is 0 Å². The summed E-state index contributed by atoms with van der Waals surface area (Å²) in [5.74, 6) is 1.59. The summed E-state index contributed by atoms with van der Waals surface area (Å²) in [5, 5.41) is 9.30. The van der Waals surface area contributed by atoms with E-state index in [1.165, 1.54) is 43.5 Å². The number of fused-ring (bicyclic) bond motifs is 4. The van der Waals surface area contributed by atoms with Crippen molar-refractivity contribution in [2.45, 2.75) is 51.0 Å². The van der Waals surface area contributed by atoms with Crippen molar-refractivity contribution >= 4 is 5.69 Å². The Labute approximate surface area is 133 Å². The molecule has 0 spiro atoms. The van der Waals surface area contributed by atoms with Crippen LogP contribution in [-0.2, 0) is 11.8 Å². The van der Waals surface area contributed by atoms with Gasteiger partial charge in [-0.1, -0.05) is 13.8 Å². The maximum Gasteiger partial charge on any atom is 0.101 e. The van der Waals surface area contributed by atoms with Crippen molar-refractivity contribution in [3.63, 3.8) is 0 Å². The molecule has 0 radical (unpaired) electrons. The van der Waals surface area contributed by atoms with Gasteiger partial charge in [0.25, 0.3) is 0 Å². The molecule has 0 aromatic heterocycles. The third-order valence-corrected chi connectivity index (χ3v) is 6.60. The van der Waals surface area contributed by atoms with Crippen LogP contribution in [-0.4, -0.2) is 24.0 Å². The molecule has 1 unspecified atom stereocenters. The zero-order valence-corrected chi connectivity index (χ0v) is 13.6. The number of piperidine rings is 1. The summed E-state index contributed by atoms with van der Waals surface area (Å²) in [6.07, 6.45) is 5.13. The van der Waals surface area contributed by atoms with Crippen molar-refractivity contribution in [1.82, 2.24) is 4.90 Å². The number of rotatable bonds is 2. The molecule has 2 N–H and O–H groups in total. The third-order valence-electron chi connectivity index (χ3n) is 6.60. The maximum atomic E-state index is 9.30. The second-order valence-corrected chi connectivity index (χ2v) is 7.87. The topological polar surface area (TPSA) is 53.1 Å².